The SMILES string of the molecule is CC(NC(=O)c1c(N)nn2cccnc12)c1cc2cccc(C#Cc3cnc4n3CC(=O)N4C)c2c(=O)n1-c1ccccc1. The van der Waals surface area contributed by atoms with Crippen molar-refractivity contribution in [2.75, 3.05) is 17.7 Å². The molecule has 2 aromatic carbocycles. The highest BCUT2D eigenvalue weighted by atomic mass is 16.2. The van der Waals surface area contributed by atoms with Crippen LogP contribution in [0.4, 0.5) is 11.8 Å². The molecule has 1 aliphatic rings. The Morgan fingerprint density at radius 3 is 2.68 bits per heavy atom. The number of para-hydroxylation sites is 1. The summed E-state index contributed by atoms with van der Waals surface area (Å²) in [5.74, 6) is 6.29. The van der Waals surface area contributed by atoms with Crippen molar-refractivity contribution >= 4 is 40.0 Å². The molecule has 5 heterocycles. The molecule has 0 aliphatic carbocycles. The van der Waals surface area contributed by atoms with E-state index in [0.29, 0.717) is 45.0 Å². The van der Waals surface area contributed by atoms with Crippen molar-refractivity contribution in [3.05, 3.63) is 112 Å². The Hall–Kier alpha value is -6.22. The van der Waals surface area contributed by atoms with Gasteiger partial charge in [0.2, 0.25) is 11.9 Å². The van der Waals surface area contributed by atoms with Gasteiger partial charge in [-0.25, -0.2) is 14.5 Å². The van der Waals surface area contributed by atoms with Crippen molar-refractivity contribution in [1.82, 2.24) is 34.0 Å². The molecule has 0 spiro atoms. The zero-order valence-electron chi connectivity index (χ0n) is 23.7. The maximum Gasteiger partial charge on any atom is 0.264 e. The van der Waals surface area contributed by atoms with Crippen LogP contribution in [0.1, 0.15) is 40.3 Å². The fourth-order valence-electron chi connectivity index (χ4n) is 5.49. The van der Waals surface area contributed by atoms with Crippen LogP contribution < -0.4 is 21.5 Å². The average Bonchev–Trinajstić information content (AvgIpc) is 3.67. The van der Waals surface area contributed by atoms with E-state index in [4.69, 9.17) is 5.73 Å². The summed E-state index contributed by atoms with van der Waals surface area (Å²) in [6.07, 6.45) is 4.84. The fraction of sp³-hybridized carbons (Fsp3) is 0.125. The molecule has 12 heteroatoms. The van der Waals surface area contributed by atoms with Crippen molar-refractivity contribution in [3.8, 4) is 17.5 Å². The summed E-state index contributed by atoms with van der Waals surface area (Å²) in [5.41, 5.74) is 8.58. The van der Waals surface area contributed by atoms with Crippen LogP contribution in [-0.4, -0.2) is 47.6 Å². The number of imidazole rings is 1. The van der Waals surface area contributed by atoms with Gasteiger partial charge in [0.05, 0.1) is 17.6 Å². The van der Waals surface area contributed by atoms with E-state index in [1.807, 2.05) is 48.5 Å². The van der Waals surface area contributed by atoms with Gasteiger partial charge in [-0.15, -0.1) is 5.10 Å². The van der Waals surface area contributed by atoms with Crippen LogP contribution in [0.5, 0.6) is 0 Å². The van der Waals surface area contributed by atoms with E-state index in [2.05, 4.69) is 32.2 Å². The molecule has 0 bridgehead atoms. The molecule has 44 heavy (non-hydrogen) atoms. The highest BCUT2D eigenvalue weighted by Gasteiger charge is 2.27. The molecular weight excluding hydrogens is 558 g/mol. The van der Waals surface area contributed by atoms with E-state index in [1.54, 1.807) is 53.8 Å². The number of amides is 2. The summed E-state index contributed by atoms with van der Waals surface area (Å²) >= 11 is 0. The number of carbonyl (C=O) groups excluding carboxylic acids is 2. The lowest BCUT2D eigenvalue weighted by Crippen LogP contribution is -2.32. The number of benzene rings is 2. The van der Waals surface area contributed by atoms with Crippen molar-refractivity contribution in [1.29, 1.82) is 0 Å². The summed E-state index contributed by atoms with van der Waals surface area (Å²) in [6, 6.07) is 17.6. The summed E-state index contributed by atoms with van der Waals surface area (Å²) in [7, 11) is 1.67. The van der Waals surface area contributed by atoms with Gasteiger partial charge in [0, 0.05) is 36.4 Å². The highest BCUT2D eigenvalue weighted by Crippen LogP contribution is 2.25. The second-order valence-electron chi connectivity index (χ2n) is 10.4. The molecule has 6 aromatic rings. The molecule has 1 aliphatic heterocycles. The number of likely N-dealkylation sites (N-methyl/N-ethyl adjacent to an activating group) is 1. The summed E-state index contributed by atoms with van der Waals surface area (Å²) < 4.78 is 4.78. The van der Waals surface area contributed by atoms with Crippen molar-refractivity contribution in [2.45, 2.75) is 19.5 Å². The average molecular weight is 584 g/mol. The minimum Gasteiger partial charge on any atom is -0.381 e. The van der Waals surface area contributed by atoms with Crippen molar-refractivity contribution in [3.63, 3.8) is 0 Å². The zero-order valence-corrected chi connectivity index (χ0v) is 23.7. The third kappa shape index (κ3) is 4.26. The first-order valence-electron chi connectivity index (χ1n) is 13.8. The van der Waals surface area contributed by atoms with Crippen LogP contribution in [0.2, 0.25) is 0 Å². The van der Waals surface area contributed by atoms with Crippen molar-refractivity contribution < 1.29 is 9.59 Å². The number of hydrogen-bond acceptors (Lipinski definition) is 7. The van der Waals surface area contributed by atoms with Crippen LogP contribution in [0, 0.1) is 11.8 Å². The number of hydrogen-bond donors (Lipinski definition) is 2. The molecule has 0 radical (unpaired) electrons. The number of nitrogens with two attached hydrogens (primary N) is 1. The third-order valence-corrected chi connectivity index (χ3v) is 7.66. The standard InChI is InChI=1S/C32H25N9O3/c1-19(36-30(43)27-28(33)37-40-15-7-14-34-29(27)40)24-16-21-9-6-8-20(26(21)31(44)41(24)22-10-4-3-5-11-22)12-13-23-17-35-32-38(2)25(42)18-39(23)32/h3-11,14-17,19H,18H2,1-2H3,(H2,33,37)(H,36,43). The molecule has 216 valence electrons. The molecule has 1 unspecified atom stereocenters. The quantitative estimate of drug-likeness (QED) is 0.304. The van der Waals surface area contributed by atoms with Crippen LogP contribution in [-0.2, 0) is 11.3 Å². The molecule has 0 fully saturated rings. The number of aromatic nitrogens is 6. The molecule has 12 nitrogen and oxygen atoms in total. The first-order chi connectivity index (χ1) is 21.3. The van der Waals surface area contributed by atoms with Crippen LogP contribution in [0.15, 0.2) is 84.0 Å². The van der Waals surface area contributed by atoms with Gasteiger partial charge >= 0.3 is 0 Å². The van der Waals surface area contributed by atoms with Gasteiger partial charge in [0.15, 0.2) is 11.5 Å². The van der Waals surface area contributed by atoms with Crippen LogP contribution >= 0.6 is 0 Å². The molecule has 7 rings (SSSR count). The first kappa shape index (κ1) is 26.7. The van der Waals surface area contributed by atoms with Gasteiger partial charge < -0.3 is 11.1 Å². The molecule has 0 saturated carbocycles. The molecule has 4 aromatic heterocycles. The van der Waals surface area contributed by atoms with E-state index in [-0.39, 0.29) is 29.4 Å². The van der Waals surface area contributed by atoms with E-state index >= 15 is 0 Å². The minimum atomic E-state index is -0.614. The number of pyridine rings is 1. The van der Waals surface area contributed by atoms with Gasteiger partial charge in [-0.2, -0.15) is 0 Å². The number of carbonyl (C=O) groups is 2. The molecule has 3 N–H and O–H groups in total. The molecule has 1 atom stereocenters. The number of anilines is 2. The van der Waals surface area contributed by atoms with Crippen molar-refractivity contribution in [2.24, 2.45) is 0 Å². The van der Waals surface area contributed by atoms with E-state index in [9.17, 15) is 14.4 Å². The topological polar surface area (TPSA) is 145 Å². The maximum absolute atomic E-state index is 14.3. The van der Waals surface area contributed by atoms with E-state index in [0.717, 1.165) is 0 Å². The predicted octanol–water partition coefficient (Wildman–Crippen LogP) is 2.68. The minimum absolute atomic E-state index is 0.0513. The lowest BCUT2D eigenvalue weighted by atomic mass is 10.0. The van der Waals surface area contributed by atoms with Gasteiger partial charge in [-0.05, 0) is 48.6 Å². The summed E-state index contributed by atoms with van der Waals surface area (Å²) in [6.45, 7) is 1.96. The lowest BCUT2D eigenvalue weighted by molar-refractivity contribution is -0.117. The Kier molecular flexibility index (Phi) is 6.21. The van der Waals surface area contributed by atoms with Crippen LogP contribution in [0.25, 0.3) is 22.1 Å². The number of rotatable bonds is 4. The summed E-state index contributed by atoms with van der Waals surface area (Å²) in [5, 5.41) is 8.26. The van der Waals surface area contributed by atoms with E-state index in [1.165, 1.54) is 9.42 Å². The second kappa shape index (κ2) is 10.2. The molecule has 2 amide bonds. The maximum atomic E-state index is 14.3. The monoisotopic (exact) mass is 583 g/mol. The lowest BCUT2D eigenvalue weighted by Gasteiger charge is -2.21. The number of nitrogens with zero attached hydrogens (tertiary/aromatic N) is 7. The second-order valence-corrected chi connectivity index (χ2v) is 10.4. The van der Waals surface area contributed by atoms with E-state index < -0.39 is 11.9 Å². The van der Waals surface area contributed by atoms with Gasteiger partial charge in [-0.3, -0.25) is 28.4 Å². The smallest absolute Gasteiger partial charge is 0.264 e. The Balaban J connectivity index is 1.33. The Labute approximate surface area is 250 Å². The molecule has 0 saturated heterocycles. The van der Waals surface area contributed by atoms with Gasteiger partial charge in [0.1, 0.15) is 17.8 Å². The summed E-state index contributed by atoms with van der Waals surface area (Å²) in [4.78, 5) is 50.0. The zero-order chi connectivity index (χ0) is 30.5. The Bertz CT molecular complexity index is 2250. The van der Waals surface area contributed by atoms with Gasteiger partial charge in [0.25, 0.3) is 11.5 Å². The number of nitrogens with one attached hydrogen (secondary N) is 1. The van der Waals surface area contributed by atoms with Crippen LogP contribution in [0.3, 0.4) is 0 Å². The third-order valence-electron chi connectivity index (χ3n) is 7.66. The number of fused-ring (bicyclic) bond motifs is 3. The largest absolute Gasteiger partial charge is 0.381 e. The highest BCUT2D eigenvalue weighted by molar-refractivity contribution is 6.04. The first-order valence-corrected chi connectivity index (χ1v) is 13.8. The molecular formula is C32H25N9O3. The predicted molar refractivity (Wildman–Crippen MR) is 164 cm³/mol. The Morgan fingerprint density at radius 2 is 1.86 bits per heavy atom. The van der Waals surface area contributed by atoms with Gasteiger partial charge in [-0.1, -0.05) is 36.3 Å². The Morgan fingerprint density at radius 1 is 1.05 bits per heavy atom. The fourth-order valence-corrected chi connectivity index (χ4v) is 5.49. The number of nitrogen functional groups attached to an aromatic ring is 1. The normalized spacial score (nSPS) is 13.1.